The van der Waals surface area contributed by atoms with Gasteiger partial charge in [0.05, 0.1) is 20.3 Å². The predicted molar refractivity (Wildman–Crippen MR) is 118 cm³/mol. The van der Waals surface area contributed by atoms with Gasteiger partial charge in [-0.25, -0.2) is 0 Å². The number of hydrogen-bond donors (Lipinski definition) is 2. The molecule has 150 valence electrons. The van der Waals surface area contributed by atoms with Crippen molar-refractivity contribution < 1.29 is 14.2 Å². The van der Waals surface area contributed by atoms with Crippen molar-refractivity contribution in [3.05, 3.63) is 29.8 Å². The standard InChI is InChI=1S/C19H33N3O3.HI/c1-16(17-6-8-18(24-4)9-7-17)10-12-22-19(20-2)21-11-5-13-25-15-14-23-3;/h6-9,16H,5,10-15H2,1-4H3,(H2,20,21,22);1H. The molecule has 1 unspecified atom stereocenters. The van der Waals surface area contributed by atoms with Crippen molar-refractivity contribution in [1.82, 2.24) is 10.6 Å². The van der Waals surface area contributed by atoms with Crippen LogP contribution in [-0.4, -0.2) is 60.1 Å². The number of benzene rings is 1. The largest absolute Gasteiger partial charge is 0.497 e. The lowest BCUT2D eigenvalue weighted by Crippen LogP contribution is -2.38. The minimum absolute atomic E-state index is 0. The van der Waals surface area contributed by atoms with E-state index in [0.717, 1.165) is 44.2 Å². The van der Waals surface area contributed by atoms with Crippen LogP contribution < -0.4 is 15.4 Å². The molecule has 0 aliphatic carbocycles. The zero-order valence-electron chi connectivity index (χ0n) is 16.4. The van der Waals surface area contributed by atoms with Crippen molar-refractivity contribution >= 4 is 29.9 Å². The molecule has 0 saturated heterocycles. The van der Waals surface area contributed by atoms with Crippen molar-refractivity contribution in [3.8, 4) is 5.75 Å². The van der Waals surface area contributed by atoms with E-state index in [-0.39, 0.29) is 24.0 Å². The fourth-order valence-electron chi connectivity index (χ4n) is 2.35. The molecule has 2 N–H and O–H groups in total. The van der Waals surface area contributed by atoms with Gasteiger partial charge in [0, 0.05) is 33.9 Å². The zero-order valence-corrected chi connectivity index (χ0v) is 18.7. The lowest BCUT2D eigenvalue weighted by Gasteiger charge is -2.15. The van der Waals surface area contributed by atoms with E-state index in [1.807, 2.05) is 12.1 Å². The summed E-state index contributed by atoms with van der Waals surface area (Å²) in [7, 11) is 5.15. The Morgan fingerprint density at radius 2 is 1.73 bits per heavy atom. The number of methoxy groups -OCH3 is 2. The molecule has 0 bridgehead atoms. The number of halogens is 1. The number of nitrogens with zero attached hydrogens (tertiary/aromatic N) is 1. The number of aliphatic imine (C=N–C) groups is 1. The molecule has 7 heteroatoms. The number of guanidine groups is 1. The summed E-state index contributed by atoms with van der Waals surface area (Å²) in [5.74, 6) is 2.20. The summed E-state index contributed by atoms with van der Waals surface area (Å²) in [5, 5.41) is 6.66. The molecule has 1 atom stereocenters. The second-order valence-corrected chi connectivity index (χ2v) is 5.85. The van der Waals surface area contributed by atoms with Gasteiger partial charge in [0.25, 0.3) is 0 Å². The fourth-order valence-corrected chi connectivity index (χ4v) is 2.35. The highest BCUT2D eigenvalue weighted by Crippen LogP contribution is 2.21. The molecule has 6 nitrogen and oxygen atoms in total. The topological polar surface area (TPSA) is 64.1 Å². The lowest BCUT2D eigenvalue weighted by atomic mass is 9.98. The second kappa shape index (κ2) is 16.1. The average Bonchev–Trinajstić information content (AvgIpc) is 2.65. The van der Waals surface area contributed by atoms with Crippen molar-refractivity contribution in [1.29, 1.82) is 0 Å². The van der Waals surface area contributed by atoms with Crippen LogP contribution in [0.4, 0.5) is 0 Å². The smallest absolute Gasteiger partial charge is 0.190 e. The Balaban J connectivity index is 0.00000625. The van der Waals surface area contributed by atoms with Crippen molar-refractivity contribution in [2.75, 3.05) is 54.2 Å². The summed E-state index contributed by atoms with van der Waals surface area (Å²) in [5.41, 5.74) is 1.32. The Hall–Kier alpha value is -1.06. The van der Waals surface area contributed by atoms with Crippen LogP contribution >= 0.6 is 24.0 Å². The molecule has 0 heterocycles. The molecule has 0 aliphatic rings. The molecule has 0 aliphatic heterocycles. The lowest BCUT2D eigenvalue weighted by molar-refractivity contribution is 0.0698. The van der Waals surface area contributed by atoms with E-state index in [4.69, 9.17) is 14.2 Å². The van der Waals surface area contributed by atoms with Crippen LogP contribution in [0.15, 0.2) is 29.3 Å². The monoisotopic (exact) mass is 479 g/mol. The maximum Gasteiger partial charge on any atom is 0.190 e. The van der Waals surface area contributed by atoms with E-state index >= 15 is 0 Å². The Labute approximate surface area is 175 Å². The molecule has 1 aromatic rings. The molecular formula is C19H34IN3O3. The number of nitrogens with one attached hydrogen (secondary N) is 2. The normalized spacial score (nSPS) is 12.2. The van der Waals surface area contributed by atoms with E-state index in [0.29, 0.717) is 19.1 Å². The first-order chi connectivity index (χ1) is 12.2. The van der Waals surface area contributed by atoms with Crippen molar-refractivity contribution in [2.24, 2.45) is 4.99 Å². The third kappa shape index (κ3) is 10.8. The number of ether oxygens (including phenoxy) is 3. The Morgan fingerprint density at radius 1 is 1.04 bits per heavy atom. The summed E-state index contributed by atoms with van der Waals surface area (Å²) in [6.07, 6.45) is 1.97. The molecule has 0 radical (unpaired) electrons. The maximum atomic E-state index is 5.43. The van der Waals surface area contributed by atoms with Crippen LogP contribution in [0.5, 0.6) is 5.75 Å². The summed E-state index contributed by atoms with van der Waals surface area (Å²) < 4.78 is 15.6. The highest BCUT2D eigenvalue weighted by molar-refractivity contribution is 14.0. The molecule has 26 heavy (non-hydrogen) atoms. The Kier molecular flexibility index (Phi) is 15.5. The van der Waals surface area contributed by atoms with Crippen LogP contribution in [0.1, 0.15) is 31.2 Å². The summed E-state index contributed by atoms with van der Waals surface area (Å²) in [4.78, 5) is 4.24. The Morgan fingerprint density at radius 3 is 2.35 bits per heavy atom. The average molecular weight is 479 g/mol. The van der Waals surface area contributed by atoms with Crippen LogP contribution in [0.2, 0.25) is 0 Å². The third-order valence-electron chi connectivity index (χ3n) is 3.97. The minimum Gasteiger partial charge on any atom is -0.497 e. The highest BCUT2D eigenvalue weighted by Gasteiger charge is 2.06. The van der Waals surface area contributed by atoms with Crippen LogP contribution in [-0.2, 0) is 9.47 Å². The minimum atomic E-state index is 0. The number of rotatable bonds is 12. The van der Waals surface area contributed by atoms with Gasteiger partial charge >= 0.3 is 0 Å². The molecule has 0 fully saturated rings. The fraction of sp³-hybridized carbons (Fsp3) is 0.632. The SMILES string of the molecule is CN=C(NCCCOCCOC)NCCC(C)c1ccc(OC)cc1.I. The van der Waals surface area contributed by atoms with Gasteiger partial charge in [-0.3, -0.25) is 4.99 Å². The molecule has 0 amide bonds. The van der Waals surface area contributed by atoms with Gasteiger partial charge < -0.3 is 24.8 Å². The molecule has 0 spiro atoms. The molecule has 0 saturated carbocycles. The van der Waals surface area contributed by atoms with Crippen molar-refractivity contribution in [3.63, 3.8) is 0 Å². The molecule has 1 aromatic carbocycles. The van der Waals surface area contributed by atoms with Crippen LogP contribution in [0.3, 0.4) is 0 Å². The van der Waals surface area contributed by atoms with Gasteiger partial charge in [-0.1, -0.05) is 19.1 Å². The quantitative estimate of drug-likeness (QED) is 0.209. The first kappa shape index (κ1) is 24.9. The molecule has 0 aromatic heterocycles. The van der Waals surface area contributed by atoms with Gasteiger partial charge in [0.15, 0.2) is 5.96 Å². The van der Waals surface area contributed by atoms with Gasteiger partial charge in [-0.2, -0.15) is 0 Å². The first-order valence-electron chi connectivity index (χ1n) is 8.86. The molecular weight excluding hydrogens is 445 g/mol. The Bertz CT molecular complexity index is 483. The number of hydrogen-bond acceptors (Lipinski definition) is 4. The highest BCUT2D eigenvalue weighted by atomic mass is 127. The van der Waals surface area contributed by atoms with Gasteiger partial charge in [-0.05, 0) is 36.5 Å². The second-order valence-electron chi connectivity index (χ2n) is 5.85. The first-order valence-corrected chi connectivity index (χ1v) is 8.86. The van der Waals surface area contributed by atoms with E-state index in [1.54, 1.807) is 21.3 Å². The zero-order chi connectivity index (χ0) is 18.3. The van der Waals surface area contributed by atoms with Crippen molar-refractivity contribution in [2.45, 2.75) is 25.7 Å². The van der Waals surface area contributed by atoms with E-state index in [2.05, 4.69) is 34.7 Å². The van der Waals surface area contributed by atoms with Gasteiger partial charge in [0.2, 0.25) is 0 Å². The maximum absolute atomic E-state index is 5.43. The van der Waals surface area contributed by atoms with Crippen LogP contribution in [0.25, 0.3) is 0 Å². The van der Waals surface area contributed by atoms with Gasteiger partial charge in [0.1, 0.15) is 5.75 Å². The van der Waals surface area contributed by atoms with Gasteiger partial charge in [-0.15, -0.1) is 24.0 Å². The van der Waals surface area contributed by atoms with E-state index < -0.39 is 0 Å². The molecule has 1 rings (SSSR count). The summed E-state index contributed by atoms with van der Waals surface area (Å²) >= 11 is 0. The third-order valence-corrected chi connectivity index (χ3v) is 3.97. The summed E-state index contributed by atoms with van der Waals surface area (Å²) in [6.45, 7) is 5.95. The van der Waals surface area contributed by atoms with E-state index in [1.165, 1.54) is 5.56 Å². The summed E-state index contributed by atoms with van der Waals surface area (Å²) in [6, 6.07) is 8.27. The van der Waals surface area contributed by atoms with E-state index in [9.17, 15) is 0 Å². The predicted octanol–water partition coefficient (Wildman–Crippen LogP) is 3.02. The van der Waals surface area contributed by atoms with Crippen LogP contribution in [0, 0.1) is 0 Å².